The highest BCUT2D eigenvalue weighted by atomic mass is 79.9. The fourth-order valence-corrected chi connectivity index (χ4v) is 4.41. The molecule has 2 rings (SSSR count). The van der Waals surface area contributed by atoms with Gasteiger partial charge in [0.25, 0.3) is 0 Å². The first-order valence-electron chi connectivity index (χ1n) is 7.32. The van der Waals surface area contributed by atoms with Crippen LogP contribution in [0.25, 0.3) is 0 Å². The molecule has 1 aliphatic rings. The molecule has 1 aliphatic heterocycles. The third-order valence-electron chi connectivity index (χ3n) is 4.21. The van der Waals surface area contributed by atoms with E-state index >= 15 is 0 Å². The fraction of sp³-hybridized carbons (Fsp3) is 0.600. The van der Waals surface area contributed by atoms with E-state index in [9.17, 15) is 8.42 Å². The zero-order valence-electron chi connectivity index (χ0n) is 12.8. The van der Waals surface area contributed by atoms with Crippen LogP contribution in [0.2, 0.25) is 0 Å². The van der Waals surface area contributed by atoms with Crippen LogP contribution in [0.3, 0.4) is 0 Å². The molecule has 1 fully saturated rings. The van der Waals surface area contributed by atoms with Crippen LogP contribution in [0.1, 0.15) is 25.3 Å². The van der Waals surface area contributed by atoms with Crippen LogP contribution in [0.4, 0.5) is 0 Å². The van der Waals surface area contributed by atoms with Gasteiger partial charge in [-0.25, -0.2) is 8.42 Å². The topological polar surface area (TPSA) is 40.6 Å². The minimum atomic E-state index is -3.41. The Balaban J connectivity index is 2.16. The number of rotatable bonds is 5. The van der Waals surface area contributed by atoms with Crippen LogP contribution < -0.4 is 0 Å². The monoisotopic (exact) mass is 374 g/mol. The second kappa shape index (κ2) is 6.77. The van der Waals surface area contributed by atoms with Gasteiger partial charge in [0.05, 0.1) is 4.90 Å². The van der Waals surface area contributed by atoms with Crippen molar-refractivity contribution < 1.29 is 8.42 Å². The van der Waals surface area contributed by atoms with Crippen LogP contribution in [0, 0.1) is 6.92 Å². The van der Waals surface area contributed by atoms with Crippen molar-refractivity contribution in [2.24, 2.45) is 0 Å². The number of hydrogen-bond donors (Lipinski definition) is 0. The number of likely N-dealkylation sites (tertiary alicyclic amines) is 1. The van der Waals surface area contributed by atoms with E-state index in [-0.39, 0.29) is 0 Å². The maximum Gasteiger partial charge on any atom is 0.242 e. The largest absolute Gasteiger partial charge is 0.299 e. The Hall–Kier alpha value is -0.430. The molecule has 0 amide bonds. The summed E-state index contributed by atoms with van der Waals surface area (Å²) in [6, 6.07) is 5.52. The maximum absolute atomic E-state index is 12.7. The van der Waals surface area contributed by atoms with Crippen molar-refractivity contribution in [3.05, 3.63) is 28.2 Å². The zero-order valence-corrected chi connectivity index (χ0v) is 15.2. The van der Waals surface area contributed by atoms with Gasteiger partial charge in [0.1, 0.15) is 0 Å². The molecule has 0 aliphatic carbocycles. The first-order chi connectivity index (χ1) is 9.86. The minimum absolute atomic E-state index is 0.339. The van der Waals surface area contributed by atoms with Gasteiger partial charge >= 0.3 is 0 Å². The van der Waals surface area contributed by atoms with Gasteiger partial charge in [0, 0.05) is 24.1 Å². The Kier molecular flexibility index (Phi) is 5.46. The third-order valence-corrected chi connectivity index (χ3v) is 6.92. The van der Waals surface area contributed by atoms with Crippen LogP contribution in [0.5, 0.6) is 0 Å². The lowest BCUT2D eigenvalue weighted by Crippen LogP contribution is -2.41. The Morgan fingerprint density at radius 2 is 2.14 bits per heavy atom. The summed E-state index contributed by atoms with van der Waals surface area (Å²) in [6.07, 6.45) is 2.23. The lowest BCUT2D eigenvalue weighted by Gasteiger charge is -2.27. The summed E-state index contributed by atoms with van der Waals surface area (Å²) >= 11 is 3.41. The normalized spacial score (nSPS) is 20.3. The highest BCUT2D eigenvalue weighted by molar-refractivity contribution is 9.10. The molecule has 1 atom stereocenters. The van der Waals surface area contributed by atoms with Gasteiger partial charge in [-0.1, -0.05) is 22.9 Å². The number of likely N-dealkylation sites (N-methyl/N-ethyl adjacent to an activating group) is 2. The summed E-state index contributed by atoms with van der Waals surface area (Å²) in [5.41, 5.74) is 0.931. The molecule has 1 aromatic rings. The molecule has 118 valence electrons. The second-order valence-corrected chi connectivity index (χ2v) is 8.52. The number of nitrogens with zero attached hydrogens (tertiary/aromatic N) is 2. The summed E-state index contributed by atoms with van der Waals surface area (Å²) in [5, 5.41) is 0. The average Bonchev–Trinajstić information content (AvgIpc) is 2.88. The van der Waals surface area contributed by atoms with Crippen molar-refractivity contribution in [1.82, 2.24) is 9.21 Å². The van der Waals surface area contributed by atoms with Gasteiger partial charge in [-0.05, 0) is 56.6 Å². The van der Waals surface area contributed by atoms with Crippen LogP contribution in [-0.2, 0) is 10.0 Å². The second-order valence-electron chi connectivity index (χ2n) is 5.62. The molecule has 0 bridgehead atoms. The van der Waals surface area contributed by atoms with Crippen LogP contribution in [0.15, 0.2) is 27.6 Å². The molecule has 0 N–H and O–H groups in total. The van der Waals surface area contributed by atoms with Gasteiger partial charge in [0.2, 0.25) is 10.0 Å². The predicted octanol–water partition coefficient (Wildman–Crippen LogP) is 2.86. The molecule has 1 heterocycles. The van der Waals surface area contributed by atoms with Gasteiger partial charge in [-0.3, -0.25) is 4.90 Å². The van der Waals surface area contributed by atoms with Gasteiger partial charge < -0.3 is 0 Å². The molecule has 0 saturated carbocycles. The number of hydrogen-bond acceptors (Lipinski definition) is 3. The molecule has 1 unspecified atom stereocenters. The highest BCUT2D eigenvalue weighted by Gasteiger charge is 2.29. The van der Waals surface area contributed by atoms with Crippen molar-refractivity contribution in [3.63, 3.8) is 0 Å². The van der Waals surface area contributed by atoms with Crippen LogP contribution in [-0.4, -0.2) is 50.3 Å². The molecule has 1 aromatic carbocycles. The Labute approximate surface area is 136 Å². The summed E-state index contributed by atoms with van der Waals surface area (Å²) in [5.74, 6) is 0. The van der Waals surface area contributed by atoms with E-state index in [4.69, 9.17) is 0 Å². The summed E-state index contributed by atoms with van der Waals surface area (Å²) < 4.78 is 27.8. The van der Waals surface area contributed by atoms with E-state index in [1.54, 1.807) is 25.2 Å². The van der Waals surface area contributed by atoms with Crippen molar-refractivity contribution in [1.29, 1.82) is 0 Å². The van der Waals surface area contributed by atoms with Crippen molar-refractivity contribution in [2.45, 2.75) is 37.6 Å². The molecule has 6 heteroatoms. The average molecular weight is 375 g/mol. The number of halogens is 1. The first-order valence-corrected chi connectivity index (χ1v) is 9.56. The van der Waals surface area contributed by atoms with E-state index in [0.29, 0.717) is 17.5 Å². The summed E-state index contributed by atoms with van der Waals surface area (Å²) in [7, 11) is -1.73. The van der Waals surface area contributed by atoms with Crippen molar-refractivity contribution in [2.75, 3.05) is 26.7 Å². The lowest BCUT2D eigenvalue weighted by molar-refractivity contribution is 0.237. The molecular formula is C15H23BrN2O2S. The molecular weight excluding hydrogens is 352 g/mol. The summed E-state index contributed by atoms with van der Waals surface area (Å²) in [4.78, 5) is 2.73. The third kappa shape index (κ3) is 3.67. The van der Waals surface area contributed by atoms with E-state index < -0.39 is 10.0 Å². The first kappa shape index (κ1) is 16.9. The van der Waals surface area contributed by atoms with E-state index in [0.717, 1.165) is 36.0 Å². The maximum atomic E-state index is 12.7. The smallest absolute Gasteiger partial charge is 0.242 e. The number of benzene rings is 1. The van der Waals surface area contributed by atoms with E-state index in [1.807, 2.05) is 6.92 Å². The quantitative estimate of drug-likeness (QED) is 0.795. The van der Waals surface area contributed by atoms with E-state index in [1.165, 1.54) is 4.31 Å². The zero-order chi connectivity index (χ0) is 15.6. The Morgan fingerprint density at radius 1 is 1.43 bits per heavy atom. The van der Waals surface area contributed by atoms with Gasteiger partial charge in [-0.15, -0.1) is 0 Å². The Bertz CT molecular complexity index is 604. The minimum Gasteiger partial charge on any atom is -0.299 e. The summed E-state index contributed by atoms with van der Waals surface area (Å²) in [6.45, 7) is 6.65. The standard InChI is InChI=1S/C15H23BrN2O2S/c1-4-18-9-5-6-13(18)11-17(3)21(19,20)14-7-8-15(16)12(2)10-14/h7-8,10,13H,4-6,9,11H2,1-3H3. The predicted molar refractivity (Wildman–Crippen MR) is 89.0 cm³/mol. The molecule has 21 heavy (non-hydrogen) atoms. The molecule has 0 aromatic heterocycles. The SMILES string of the molecule is CCN1CCCC1CN(C)S(=O)(=O)c1ccc(Br)c(C)c1. The molecule has 0 spiro atoms. The molecule has 1 saturated heterocycles. The molecule has 4 nitrogen and oxygen atoms in total. The highest BCUT2D eigenvalue weighted by Crippen LogP contribution is 2.24. The van der Waals surface area contributed by atoms with Crippen LogP contribution >= 0.6 is 15.9 Å². The number of aryl methyl sites for hydroxylation is 1. The Morgan fingerprint density at radius 3 is 2.76 bits per heavy atom. The fourth-order valence-electron chi connectivity index (χ4n) is 2.87. The van der Waals surface area contributed by atoms with Crippen molar-refractivity contribution >= 4 is 26.0 Å². The van der Waals surface area contributed by atoms with Gasteiger partial charge in [0.15, 0.2) is 0 Å². The van der Waals surface area contributed by atoms with Gasteiger partial charge in [-0.2, -0.15) is 4.31 Å². The van der Waals surface area contributed by atoms with E-state index in [2.05, 4.69) is 27.8 Å². The van der Waals surface area contributed by atoms with Crippen molar-refractivity contribution in [3.8, 4) is 0 Å². The lowest BCUT2D eigenvalue weighted by atomic mass is 10.2. The number of sulfonamides is 1. The molecule has 0 radical (unpaired) electrons.